The van der Waals surface area contributed by atoms with Gasteiger partial charge in [0.25, 0.3) is 0 Å². The van der Waals surface area contributed by atoms with Gasteiger partial charge in [-0.25, -0.2) is 0 Å². The number of nitrogens with zero attached hydrogens (tertiary/aromatic N) is 1. The second-order valence-electron chi connectivity index (χ2n) is 11.8. The molecule has 1 saturated heterocycles. The summed E-state index contributed by atoms with van der Waals surface area (Å²) in [4.78, 5) is 46.3. The van der Waals surface area contributed by atoms with E-state index in [2.05, 4.69) is 12.2 Å². The van der Waals surface area contributed by atoms with Crippen LogP contribution in [0.25, 0.3) is 6.08 Å². The van der Waals surface area contributed by atoms with Crippen LogP contribution in [0.2, 0.25) is 0 Å². The molecule has 0 saturated carbocycles. The van der Waals surface area contributed by atoms with Crippen LogP contribution in [-0.2, 0) is 16.6 Å². The summed E-state index contributed by atoms with van der Waals surface area (Å²) in [6.45, 7) is 2.20. The zero-order valence-corrected chi connectivity index (χ0v) is 24.2. The fourth-order valence-electron chi connectivity index (χ4n) is 7.69. The Kier molecular flexibility index (Phi) is 5.98. The molecule has 0 unspecified atom stereocenters. The van der Waals surface area contributed by atoms with E-state index in [1.807, 2.05) is 90.0 Å². The van der Waals surface area contributed by atoms with Crippen molar-refractivity contribution in [2.24, 2.45) is 5.92 Å². The number of hydrogen-bond acceptors (Lipinski definition) is 6. The molecule has 44 heavy (non-hydrogen) atoms. The van der Waals surface area contributed by atoms with Gasteiger partial charge in [-0.1, -0.05) is 80.1 Å². The highest BCUT2D eigenvalue weighted by Gasteiger charge is 2.70. The Labute approximate surface area is 255 Å². The average molecular weight is 583 g/mol. The highest BCUT2D eigenvalue weighted by molar-refractivity contribution is 6.16. The lowest BCUT2D eigenvalue weighted by atomic mass is 9.62. The monoisotopic (exact) mass is 582 g/mol. The summed E-state index contributed by atoms with van der Waals surface area (Å²) >= 11 is 0. The number of Topliss-reactive ketones (excluding diaryl/α,β-unsaturated/α-hetero) is 2. The minimum atomic E-state index is -1.37. The van der Waals surface area contributed by atoms with Crippen molar-refractivity contribution in [2.75, 3.05) is 12.1 Å². The molecule has 0 radical (unpaired) electrons. The Hall–Kier alpha value is -5.17. The maximum Gasteiger partial charge on any atom is 0.238 e. The van der Waals surface area contributed by atoms with Gasteiger partial charge >= 0.3 is 0 Å². The number of hydrogen-bond donors (Lipinski definition) is 1. The van der Waals surface area contributed by atoms with Crippen molar-refractivity contribution in [3.63, 3.8) is 0 Å². The lowest BCUT2D eigenvalue weighted by molar-refractivity contribution is -0.122. The molecule has 4 aromatic rings. The Morgan fingerprint density at radius 1 is 0.886 bits per heavy atom. The van der Waals surface area contributed by atoms with E-state index in [-0.39, 0.29) is 24.3 Å². The van der Waals surface area contributed by atoms with Gasteiger partial charge in [-0.2, -0.15) is 0 Å². The number of ketones is 2. The van der Waals surface area contributed by atoms with E-state index in [1.165, 1.54) is 0 Å². The average Bonchev–Trinajstić information content (AvgIpc) is 3.74. The number of rotatable bonds is 6. The fraction of sp³-hybridized carbons (Fsp3) is 0.216. The van der Waals surface area contributed by atoms with Gasteiger partial charge in [0, 0.05) is 23.0 Å². The van der Waals surface area contributed by atoms with Gasteiger partial charge in [0.05, 0.1) is 12.0 Å². The van der Waals surface area contributed by atoms with Crippen molar-refractivity contribution >= 4 is 29.2 Å². The second kappa shape index (κ2) is 9.95. The molecule has 1 amide bonds. The third-order valence-corrected chi connectivity index (χ3v) is 9.56. The maximum atomic E-state index is 15.0. The third kappa shape index (κ3) is 3.65. The van der Waals surface area contributed by atoms with E-state index >= 15 is 0 Å². The summed E-state index contributed by atoms with van der Waals surface area (Å²) in [5.41, 5.74) is 3.89. The van der Waals surface area contributed by atoms with E-state index in [4.69, 9.17) is 9.47 Å². The van der Waals surface area contributed by atoms with Gasteiger partial charge in [-0.3, -0.25) is 14.4 Å². The zero-order chi connectivity index (χ0) is 30.0. The van der Waals surface area contributed by atoms with Gasteiger partial charge in [0.1, 0.15) is 11.5 Å². The van der Waals surface area contributed by atoms with E-state index in [0.29, 0.717) is 28.3 Å². The topological polar surface area (TPSA) is 84.9 Å². The molecule has 1 N–H and O–H groups in total. The van der Waals surface area contributed by atoms with Gasteiger partial charge in [0.2, 0.25) is 12.7 Å². The molecule has 0 bridgehead atoms. The standard InChI is InChI=1S/C37H30N2O5/c1-2-7-22-12-14-24(15-13-22)33(40)31-32(34(41)25-16-17-29-30(20-25)44-21-43-29)39-19-18-23-8-3-4-9-26(23)35(39)37(31)27-10-5-6-11-28(27)38-36(37)42/h3-6,8-20,31-32,35H,2,7,21H2,1H3,(H,38,42)/t31-,32-,35+,37+/m0/s1. The van der Waals surface area contributed by atoms with E-state index in [9.17, 15) is 14.4 Å². The SMILES string of the molecule is CCCc1ccc(C(=O)[C@@H]2[C@@H](C(=O)c3ccc4c(c3)OCO4)N3C=Cc4ccccc4[C@@H]3[C@]23C(=O)Nc2ccccc23)cc1. The third-order valence-electron chi connectivity index (χ3n) is 9.56. The minimum absolute atomic E-state index is 0.0827. The molecular formula is C37H30N2O5. The van der Waals surface area contributed by atoms with Crippen molar-refractivity contribution in [3.8, 4) is 11.5 Å². The predicted molar refractivity (Wildman–Crippen MR) is 166 cm³/mol. The van der Waals surface area contributed by atoms with Crippen LogP contribution < -0.4 is 14.8 Å². The molecule has 1 spiro atoms. The van der Waals surface area contributed by atoms with Crippen LogP contribution >= 0.6 is 0 Å². The molecule has 7 nitrogen and oxygen atoms in total. The first-order valence-electron chi connectivity index (χ1n) is 15.0. The minimum Gasteiger partial charge on any atom is -0.454 e. The predicted octanol–water partition coefficient (Wildman–Crippen LogP) is 6.35. The van der Waals surface area contributed by atoms with Crippen LogP contribution in [-0.4, -0.2) is 35.2 Å². The van der Waals surface area contributed by atoms with E-state index in [1.54, 1.807) is 18.2 Å². The van der Waals surface area contributed by atoms with Crippen LogP contribution in [0.3, 0.4) is 0 Å². The summed E-state index contributed by atoms with van der Waals surface area (Å²) in [5, 5.41) is 3.10. The number of anilines is 1. The first-order valence-corrected chi connectivity index (χ1v) is 15.0. The molecule has 0 aromatic heterocycles. The normalized spacial score (nSPS) is 23.7. The van der Waals surface area contributed by atoms with Crippen LogP contribution in [0.15, 0.2) is 97.2 Å². The van der Waals surface area contributed by atoms with Gasteiger partial charge < -0.3 is 19.7 Å². The summed E-state index contributed by atoms with van der Waals surface area (Å²) < 4.78 is 11.1. The van der Waals surface area contributed by atoms with Crippen LogP contribution in [0.5, 0.6) is 11.5 Å². The number of amides is 1. The number of carbonyl (C=O) groups is 3. The van der Waals surface area contributed by atoms with Gasteiger partial charge in [-0.15, -0.1) is 0 Å². The van der Waals surface area contributed by atoms with Gasteiger partial charge in [-0.05, 0) is 59.0 Å². The maximum absolute atomic E-state index is 15.0. The molecular weight excluding hydrogens is 552 g/mol. The van der Waals surface area contributed by atoms with Crippen molar-refractivity contribution in [1.29, 1.82) is 0 Å². The molecule has 8 rings (SSSR count). The number of fused-ring (bicyclic) bond motifs is 7. The van der Waals surface area contributed by atoms with E-state index in [0.717, 1.165) is 35.1 Å². The first-order chi connectivity index (χ1) is 21.5. The van der Waals surface area contributed by atoms with Crippen LogP contribution in [0, 0.1) is 5.92 Å². The molecule has 218 valence electrons. The Morgan fingerprint density at radius 2 is 1.64 bits per heavy atom. The van der Waals surface area contributed by atoms with Crippen molar-refractivity contribution in [2.45, 2.75) is 37.3 Å². The van der Waals surface area contributed by atoms with Crippen molar-refractivity contribution in [1.82, 2.24) is 4.90 Å². The molecule has 4 atom stereocenters. The summed E-state index contributed by atoms with van der Waals surface area (Å²) in [6.07, 6.45) is 5.74. The number of benzene rings is 4. The lowest BCUT2D eigenvalue weighted by Crippen LogP contribution is -2.49. The highest BCUT2D eigenvalue weighted by Crippen LogP contribution is 2.62. The van der Waals surface area contributed by atoms with Crippen molar-refractivity contribution < 1.29 is 23.9 Å². The second-order valence-corrected chi connectivity index (χ2v) is 11.8. The van der Waals surface area contributed by atoms with Gasteiger partial charge in [0.15, 0.2) is 23.1 Å². The fourth-order valence-corrected chi connectivity index (χ4v) is 7.69. The quantitative estimate of drug-likeness (QED) is 0.267. The first kappa shape index (κ1) is 26.5. The van der Waals surface area contributed by atoms with Crippen molar-refractivity contribution in [3.05, 3.63) is 131 Å². The summed E-state index contributed by atoms with van der Waals surface area (Å²) in [5.74, 6) is -0.745. The number of ether oxygens (including phenoxy) is 2. The molecule has 7 heteroatoms. The molecule has 1 fully saturated rings. The Bertz CT molecular complexity index is 1880. The zero-order valence-electron chi connectivity index (χ0n) is 24.2. The molecule has 4 aliphatic rings. The lowest BCUT2D eigenvalue weighted by Gasteiger charge is -2.38. The Morgan fingerprint density at radius 3 is 2.48 bits per heavy atom. The van der Waals surface area contributed by atoms with Crippen LogP contribution in [0.4, 0.5) is 5.69 Å². The number of para-hydroxylation sites is 1. The largest absolute Gasteiger partial charge is 0.454 e. The van der Waals surface area contributed by atoms with Crippen LogP contribution in [0.1, 0.15) is 62.4 Å². The molecule has 0 aliphatic carbocycles. The number of aryl methyl sites for hydroxylation is 1. The van der Waals surface area contributed by atoms with E-state index < -0.39 is 23.4 Å². The number of carbonyl (C=O) groups excluding carboxylic acids is 3. The molecule has 4 heterocycles. The molecule has 4 aromatic carbocycles. The number of nitrogens with one attached hydrogen (secondary N) is 1. The smallest absolute Gasteiger partial charge is 0.238 e. The highest BCUT2D eigenvalue weighted by atomic mass is 16.7. The Balaban J connectivity index is 1.37. The molecule has 4 aliphatic heterocycles. The summed E-state index contributed by atoms with van der Waals surface area (Å²) in [6, 6.07) is 26.6. The summed E-state index contributed by atoms with van der Waals surface area (Å²) in [7, 11) is 0.